The Labute approximate surface area is 128 Å². The minimum Gasteiger partial charge on any atom is -0.382 e. The minimum absolute atomic E-state index is 0.0251. The van der Waals surface area contributed by atoms with Gasteiger partial charge in [0.05, 0.1) is 12.8 Å². The molecule has 0 spiro atoms. The first-order valence-corrected chi connectivity index (χ1v) is 9.61. The third-order valence-electron chi connectivity index (χ3n) is 3.70. The maximum atomic E-state index is 11.9. The molecule has 0 saturated heterocycles. The van der Waals surface area contributed by atoms with Crippen LogP contribution in [0.25, 0.3) is 0 Å². The Bertz CT molecular complexity index is 405. The van der Waals surface area contributed by atoms with Crippen LogP contribution in [0.1, 0.15) is 45.4 Å². The molecule has 6 nitrogen and oxygen atoms in total. The fourth-order valence-corrected chi connectivity index (χ4v) is 3.73. The molecule has 124 valence electrons. The smallest absolute Gasteiger partial charge is 0.235 e. The molecule has 1 saturated carbocycles. The fourth-order valence-electron chi connectivity index (χ4n) is 2.63. The van der Waals surface area contributed by atoms with E-state index in [2.05, 4.69) is 5.32 Å². The predicted octanol–water partition coefficient (Wildman–Crippen LogP) is 1.12. The third-order valence-corrected chi connectivity index (χ3v) is 4.98. The molecule has 1 amide bonds. The number of hydrogen-bond donors (Lipinski definition) is 1. The highest BCUT2D eigenvalue weighted by Crippen LogP contribution is 2.24. The van der Waals surface area contributed by atoms with Crippen LogP contribution in [0.4, 0.5) is 0 Å². The van der Waals surface area contributed by atoms with Crippen molar-refractivity contribution in [3.8, 4) is 0 Å². The van der Waals surface area contributed by atoms with Crippen LogP contribution in [0.3, 0.4) is 0 Å². The van der Waals surface area contributed by atoms with Crippen molar-refractivity contribution in [2.45, 2.75) is 51.5 Å². The first-order chi connectivity index (χ1) is 9.95. The number of carbonyl (C=O) groups excluding carboxylic acids is 1. The summed E-state index contributed by atoms with van der Waals surface area (Å²) in [5.41, 5.74) is 0. The van der Waals surface area contributed by atoms with Crippen molar-refractivity contribution < 1.29 is 17.9 Å². The molecule has 0 bridgehead atoms. The van der Waals surface area contributed by atoms with Crippen LogP contribution in [0, 0.1) is 0 Å². The van der Waals surface area contributed by atoms with E-state index in [1.165, 1.54) is 10.6 Å². The zero-order valence-electron chi connectivity index (χ0n) is 13.1. The average Bonchev–Trinajstić information content (AvgIpc) is 2.44. The van der Waals surface area contributed by atoms with E-state index >= 15 is 0 Å². The van der Waals surface area contributed by atoms with Crippen LogP contribution in [0.15, 0.2) is 0 Å². The van der Waals surface area contributed by atoms with Crippen LogP contribution in [-0.2, 0) is 19.6 Å². The summed E-state index contributed by atoms with van der Waals surface area (Å²) in [6.45, 7) is 3.64. The van der Waals surface area contributed by atoms with Gasteiger partial charge in [-0.3, -0.25) is 4.79 Å². The molecule has 1 rings (SSSR count). The summed E-state index contributed by atoms with van der Waals surface area (Å²) in [6.07, 6.45) is 6.85. The highest BCUT2D eigenvalue weighted by atomic mass is 32.2. The topological polar surface area (TPSA) is 75.7 Å². The summed E-state index contributed by atoms with van der Waals surface area (Å²) in [4.78, 5) is 11.9. The van der Waals surface area contributed by atoms with Crippen LogP contribution in [0.5, 0.6) is 0 Å². The molecule has 0 radical (unpaired) electrons. The number of sulfonamides is 1. The monoisotopic (exact) mass is 320 g/mol. The van der Waals surface area contributed by atoms with Gasteiger partial charge < -0.3 is 10.1 Å². The van der Waals surface area contributed by atoms with Gasteiger partial charge in [-0.05, 0) is 26.2 Å². The predicted molar refractivity (Wildman–Crippen MR) is 82.5 cm³/mol. The highest BCUT2D eigenvalue weighted by molar-refractivity contribution is 7.88. The molecular formula is C14H28N2O4S. The van der Waals surface area contributed by atoms with E-state index in [0.29, 0.717) is 19.8 Å². The van der Waals surface area contributed by atoms with Gasteiger partial charge in [0.15, 0.2) is 0 Å². The lowest BCUT2D eigenvalue weighted by molar-refractivity contribution is -0.121. The molecule has 0 heterocycles. The Kier molecular flexibility index (Phi) is 8.21. The molecule has 0 atom stereocenters. The molecule has 0 unspecified atom stereocenters. The summed E-state index contributed by atoms with van der Waals surface area (Å²) >= 11 is 0. The van der Waals surface area contributed by atoms with Gasteiger partial charge in [0.1, 0.15) is 0 Å². The first kappa shape index (κ1) is 18.4. The van der Waals surface area contributed by atoms with Gasteiger partial charge in [0.25, 0.3) is 0 Å². The van der Waals surface area contributed by atoms with Gasteiger partial charge in [0.2, 0.25) is 15.9 Å². The lowest BCUT2D eigenvalue weighted by Crippen LogP contribution is -2.46. The van der Waals surface area contributed by atoms with Crippen molar-refractivity contribution >= 4 is 15.9 Å². The van der Waals surface area contributed by atoms with E-state index in [0.717, 1.165) is 38.5 Å². The van der Waals surface area contributed by atoms with Gasteiger partial charge in [-0.1, -0.05) is 19.3 Å². The van der Waals surface area contributed by atoms with Crippen LogP contribution >= 0.6 is 0 Å². The van der Waals surface area contributed by atoms with E-state index in [4.69, 9.17) is 4.74 Å². The van der Waals surface area contributed by atoms with Crippen molar-refractivity contribution in [1.29, 1.82) is 0 Å². The summed E-state index contributed by atoms with van der Waals surface area (Å²) < 4.78 is 30.4. The van der Waals surface area contributed by atoms with E-state index < -0.39 is 10.0 Å². The zero-order chi connectivity index (χ0) is 15.7. The summed E-state index contributed by atoms with van der Waals surface area (Å²) in [6, 6.07) is -0.0251. The van der Waals surface area contributed by atoms with E-state index in [1.807, 2.05) is 6.92 Å². The zero-order valence-corrected chi connectivity index (χ0v) is 14.0. The lowest BCUT2D eigenvalue weighted by Gasteiger charge is -2.31. The quantitative estimate of drug-likeness (QED) is 0.646. The van der Waals surface area contributed by atoms with Crippen LogP contribution in [-0.4, -0.2) is 57.2 Å². The van der Waals surface area contributed by atoms with Gasteiger partial charge in [-0.15, -0.1) is 0 Å². The number of amides is 1. The molecule has 0 aromatic carbocycles. The van der Waals surface area contributed by atoms with Crippen LogP contribution < -0.4 is 5.32 Å². The lowest BCUT2D eigenvalue weighted by atomic mass is 9.95. The molecule has 21 heavy (non-hydrogen) atoms. The normalized spacial score (nSPS) is 17.1. The summed E-state index contributed by atoms with van der Waals surface area (Å²) in [7, 11) is -3.35. The number of ether oxygens (including phenoxy) is 1. The van der Waals surface area contributed by atoms with Gasteiger partial charge >= 0.3 is 0 Å². The molecule has 0 aromatic heterocycles. The molecular weight excluding hydrogens is 292 g/mol. The van der Waals surface area contributed by atoms with Crippen LogP contribution in [0.2, 0.25) is 0 Å². The molecule has 1 N–H and O–H groups in total. The average molecular weight is 320 g/mol. The van der Waals surface area contributed by atoms with E-state index in [9.17, 15) is 13.2 Å². The first-order valence-electron chi connectivity index (χ1n) is 7.76. The van der Waals surface area contributed by atoms with Crippen molar-refractivity contribution in [1.82, 2.24) is 9.62 Å². The fraction of sp³-hybridized carbons (Fsp3) is 0.929. The van der Waals surface area contributed by atoms with E-state index in [-0.39, 0.29) is 18.5 Å². The van der Waals surface area contributed by atoms with Gasteiger partial charge in [-0.25, -0.2) is 8.42 Å². The molecule has 1 aliphatic rings. The largest absolute Gasteiger partial charge is 0.382 e. The number of nitrogens with zero attached hydrogens (tertiary/aromatic N) is 1. The standard InChI is InChI=1S/C14H28N2O4S/c1-3-20-11-7-10-15-14(17)12-16(21(2,18)19)13-8-5-4-6-9-13/h13H,3-12H2,1-2H3,(H,15,17). The van der Waals surface area contributed by atoms with Crippen molar-refractivity contribution in [2.75, 3.05) is 32.6 Å². The highest BCUT2D eigenvalue weighted by Gasteiger charge is 2.29. The van der Waals surface area contributed by atoms with Crippen molar-refractivity contribution in [3.05, 3.63) is 0 Å². The molecule has 1 fully saturated rings. The Morgan fingerprint density at radius 2 is 1.95 bits per heavy atom. The van der Waals surface area contributed by atoms with Crippen molar-refractivity contribution in [3.63, 3.8) is 0 Å². The Balaban J connectivity index is 2.43. The SMILES string of the molecule is CCOCCCNC(=O)CN(C1CCCCC1)S(C)(=O)=O. The minimum atomic E-state index is -3.35. The number of nitrogens with one attached hydrogen (secondary N) is 1. The summed E-state index contributed by atoms with van der Waals surface area (Å²) in [5, 5.41) is 2.76. The molecule has 0 aliphatic heterocycles. The molecule has 0 aromatic rings. The number of rotatable bonds is 9. The second-order valence-electron chi connectivity index (χ2n) is 5.50. The third kappa shape index (κ3) is 7.24. The molecule has 1 aliphatic carbocycles. The van der Waals surface area contributed by atoms with Gasteiger partial charge in [0, 0.05) is 25.8 Å². The maximum absolute atomic E-state index is 11.9. The number of carbonyl (C=O) groups is 1. The second kappa shape index (κ2) is 9.38. The summed E-state index contributed by atoms with van der Waals surface area (Å²) in [5.74, 6) is -0.234. The van der Waals surface area contributed by atoms with E-state index in [1.54, 1.807) is 0 Å². The maximum Gasteiger partial charge on any atom is 0.235 e. The van der Waals surface area contributed by atoms with Gasteiger partial charge in [-0.2, -0.15) is 4.31 Å². The van der Waals surface area contributed by atoms with Crippen molar-refractivity contribution in [2.24, 2.45) is 0 Å². The Morgan fingerprint density at radius 1 is 1.29 bits per heavy atom. The molecule has 7 heteroatoms. The Morgan fingerprint density at radius 3 is 2.52 bits per heavy atom. The number of hydrogen-bond acceptors (Lipinski definition) is 4. The Hall–Kier alpha value is -0.660. The second-order valence-corrected chi connectivity index (χ2v) is 7.44.